The van der Waals surface area contributed by atoms with Gasteiger partial charge < -0.3 is 10.5 Å². The number of nitrogens with two attached hydrogens (primary N) is 1. The molecule has 1 fully saturated rings. The Morgan fingerprint density at radius 1 is 1.28 bits per heavy atom. The fourth-order valence-corrected chi connectivity index (χ4v) is 2.49. The maximum atomic E-state index is 12.0. The molecule has 98 valence electrons. The Hall–Kier alpha value is -1.51. The highest BCUT2D eigenvalue weighted by Crippen LogP contribution is 2.31. The molecule has 2 N–H and O–H groups in total. The van der Waals surface area contributed by atoms with Crippen molar-refractivity contribution in [3.8, 4) is 0 Å². The molecule has 0 amide bonds. The average Bonchev–Trinajstić information content (AvgIpc) is 2.34. The van der Waals surface area contributed by atoms with Crippen molar-refractivity contribution in [1.82, 2.24) is 0 Å². The number of carbonyl (C=O) groups is 1. The van der Waals surface area contributed by atoms with E-state index >= 15 is 0 Å². The molecule has 0 aliphatic heterocycles. The molecule has 1 aliphatic rings. The summed E-state index contributed by atoms with van der Waals surface area (Å²) in [5, 5.41) is 0. The van der Waals surface area contributed by atoms with E-state index in [9.17, 15) is 4.79 Å². The van der Waals surface area contributed by atoms with Gasteiger partial charge in [0.25, 0.3) is 0 Å². The molecular formula is C15H21NO2. The standard InChI is InChI=1S/C15H21NO2/c1-10-6-7-14(8-11(10)2)18-15(17)12-4-3-5-13(16)9-12/h3-5,9-11,14H,6-8,16H2,1-2H3. The number of esters is 1. The number of hydrogen-bond acceptors (Lipinski definition) is 3. The van der Waals surface area contributed by atoms with Crippen molar-refractivity contribution in [3.63, 3.8) is 0 Å². The first-order valence-corrected chi connectivity index (χ1v) is 6.63. The maximum absolute atomic E-state index is 12.0. The molecule has 0 saturated heterocycles. The summed E-state index contributed by atoms with van der Waals surface area (Å²) in [5.74, 6) is 1.10. The predicted molar refractivity (Wildman–Crippen MR) is 72.2 cm³/mol. The molecule has 1 aromatic carbocycles. The van der Waals surface area contributed by atoms with Gasteiger partial charge in [-0.15, -0.1) is 0 Å². The molecule has 1 saturated carbocycles. The highest BCUT2D eigenvalue weighted by molar-refractivity contribution is 5.90. The van der Waals surface area contributed by atoms with E-state index in [0.29, 0.717) is 17.2 Å². The van der Waals surface area contributed by atoms with Crippen LogP contribution in [-0.4, -0.2) is 12.1 Å². The van der Waals surface area contributed by atoms with E-state index < -0.39 is 0 Å². The molecule has 18 heavy (non-hydrogen) atoms. The van der Waals surface area contributed by atoms with E-state index in [1.807, 2.05) is 0 Å². The molecule has 3 unspecified atom stereocenters. The quantitative estimate of drug-likeness (QED) is 0.644. The van der Waals surface area contributed by atoms with E-state index in [-0.39, 0.29) is 12.1 Å². The minimum absolute atomic E-state index is 0.0603. The molecule has 3 atom stereocenters. The van der Waals surface area contributed by atoms with Gasteiger partial charge in [-0.3, -0.25) is 0 Å². The summed E-state index contributed by atoms with van der Waals surface area (Å²) < 4.78 is 5.56. The molecule has 1 aromatic rings. The van der Waals surface area contributed by atoms with Gasteiger partial charge in [0.15, 0.2) is 0 Å². The van der Waals surface area contributed by atoms with Crippen LogP contribution in [0.15, 0.2) is 24.3 Å². The van der Waals surface area contributed by atoms with E-state index in [4.69, 9.17) is 10.5 Å². The Morgan fingerprint density at radius 3 is 2.72 bits per heavy atom. The second-order valence-corrected chi connectivity index (χ2v) is 5.42. The van der Waals surface area contributed by atoms with Crippen molar-refractivity contribution in [2.45, 2.75) is 39.2 Å². The highest BCUT2D eigenvalue weighted by Gasteiger charge is 2.27. The average molecular weight is 247 g/mol. The highest BCUT2D eigenvalue weighted by atomic mass is 16.5. The Labute approximate surface area is 108 Å². The second-order valence-electron chi connectivity index (χ2n) is 5.42. The molecule has 3 nitrogen and oxygen atoms in total. The maximum Gasteiger partial charge on any atom is 0.338 e. The Balaban J connectivity index is 1.96. The molecule has 0 bridgehead atoms. The lowest BCUT2D eigenvalue weighted by molar-refractivity contribution is 0.00879. The third kappa shape index (κ3) is 3.03. The fraction of sp³-hybridized carbons (Fsp3) is 0.533. The molecule has 0 spiro atoms. The molecular weight excluding hydrogens is 226 g/mol. The first-order valence-electron chi connectivity index (χ1n) is 6.63. The second kappa shape index (κ2) is 5.42. The number of hydrogen-bond donors (Lipinski definition) is 1. The predicted octanol–water partition coefficient (Wildman–Crippen LogP) is 3.25. The SMILES string of the molecule is CC1CCC(OC(=O)c2cccc(N)c2)CC1C. The minimum Gasteiger partial charge on any atom is -0.459 e. The largest absolute Gasteiger partial charge is 0.459 e. The van der Waals surface area contributed by atoms with Crippen LogP contribution < -0.4 is 5.73 Å². The van der Waals surface area contributed by atoms with Crippen LogP contribution in [0.4, 0.5) is 5.69 Å². The van der Waals surface area contributed by atoms with Gasteiger partial charge in [-0.25, -0.2) is 4.79 Å². The number of benzene rings is 1. The third-order valence-electron chi connectivity index (χ3n) is 3.95. The number of nitrogen functional groups attached to an aromatic ring is 1. The summed E-state index contributed by atoms with van der Waals surface area (Å²) in [6.45, 7) is 4.49. The van der Waals surface area contributed by atoms with Gasteiger partial charge >= 0.3 is 5.97 Å². The number of ether oxygens (including phenoxy) is 1. The summed E-state index contributed by atoms with van der Waals surface area (Å²) in [4.78, 5) is 12.0. The summed E-state index contributed by atoms with van der Waals surface area (Å²) in [5.41, 5.74) is 6.80. The van der Waals surface area contributed by atoms with Crippen molar-refractivity contribution >= 4 is 11.7 Å². The molecule has 3 heteroatoms. The van der Waals surface area contributed by atoms with E-state index in [1.54, 1.807) is 24.3 Å². The van der Waals surface area contributed by atoms with Crippen LogP contribution in [0.3, 0.4) is 0 Å². The van der Waals surface area contributed by atoms with Gasteiger partial charge in [-0.05, 0) is 49.3 Å². The summed E-state index contributed by atoms with van der Waals surface area (Å²) in [6.07, 6.45) is 3.13. The first-order chi connectivity index (χ1) is 8.56. The zero-order valence-electron chi connectivity index (χ0n) is 11.1. The molecule has 0 heterocycles. The lowest BCUT2D eigenvalue weighted by Gasteiger charge is -2.31. The van der Waals surface area contributed by atoms with Crippen molar-refractivity contribution in [2.75, 3.05) is 5.73 Å². The smallest absolute Gasteiger partial charge is 0.338 e. The normalized spacial score (nSPS) is 27.8. The van der Waals surface area contributed by atoms with Crippen LogP contribution in [0, 0.1) is 11.8 Å². The summed E-state index contributed by atoms with van der Waals surface area (Å²) >= 11 is 0. The van der Waals surface area contributed by atoms with Crippen molar-refractivity contribution in [1.29, 1.82) is 0 Å². The van der Waals surface area contributed by atoms with Crippen LogP contribution in [-0.2, 0) is 4.74 Å². The summed E-state index contributed by atoms with van der Waals surface area (Å²) in [6, 6.07) is 6.95. The minimum atomic E-state index is -0.256. The zero-order valence-corrected chi connectivity index (χ0v) is 11.1. The van der Waals surface area contributed by atoms with Gasteiger partial charge in [0, 0.05) is 5.69 Å². The number of carbonyl (C=O) groups excluding carboxylic acids is 1. The van der Waals surface area contributed by atoms with Gasteiger partial charge in [0.05, 0.1) is 5.56 Å². The summed E-state index contributed by atoms with van der Waals surface area (Å²) in [7, 11) is 0. The Morgan fingerprint density at radius 2 is 2.06 bits per heavy atom. The molecule has 0 aromatic heterocycles. The van der Waals surface area contributed by atoms with Crippen molar-refractivity contribution in [3.05, 3.63) is 29.8 Å². The van der Waals surface area contributed by atoms with Crippen molar-refractivity contribution < 1.29 is 9.53 Å². The lowest BCUT2D eigenvalue weighted by atomic mass is 9.80. The van der Waals surface area contributed by atoms with Crippen LogP contribution in [0.25, 0.3) is 0 Å². The molecule has 1 aliphatic carbocycles. The Bertz CT molecular complexity index is 430. The first kappa shape index (κ1) is 12.9. The van der Waals surface area contributed by atoms with E-state index in [1.165, 1.54) is 0 Å². The van der Waals surface area contributed by atoms with E-state index in [2.05, 4.69) is 13.8 Å². The monoisotopic (exact) mass is 247 g/mol. The van der Waals surface area contributed by atoms with Gasteiger partial charge in [-0.1, -0.05) is 19.9 Å². The third-order valence-corrected chi connectivity index (χ3v) is 3.95. The lowest BCUT2D eigenvalue weighted by Crippen LogP contribution is -2.28. The van der Waals surface area contributed by atoms with Crippen molar-refractivity contribution in [2.24, 2.45) is 11.8 Å². The van der Waals surface area contributed by atoms with Gasteiger partial charge in [0.2, 0.25) is 0 Å². The molecule has 2 rings (SSSR count). The van der Waals surface area contributed by atoms with Crippen LogP contribution >= 0.6 is 0 Å². The Kier molecular flexibility index (Phi) is 3.90. The van der Waals surface area contributed by atoms with E-state index in [0.717, 1.165) is 25.2 Å². The fourth-order valence-electron chi connectivity index (χ4n) is 2.49. The van der Waals surface area contributed by atoms with Gasteiger partial charge in [-0.2, -0.15) is 0 Å². The number of rotatable bonds is 2. The topological polar surface area (TPSA) is 52.3 Å². The van der Waals surface area contributed by atoms with Crippen LogP contribution in [0.1, 0.15) is 43.5 Å². The number of anilines is 1. The van der Waals surface area contributed by atoms with Crippen LogP contribution in [0.2, 0.25) is 0 Å². The van der Waals surface area contributed by atoms with Crippen LogP contribution in [0.5, 0.6) is 0 Å². The zero-order chi connectivity index (χ0) is 13.1. The molecule has 0 radical (unpaired) electrons. The van der Waals surface area contributed by atoms with Gasteiger partial charge in [0.1, 0.15) is 6.10 Å².